The molecule has 0 atom stereocenters. The molecule has 1 N–H and O–H groups in total. The smallest absolute Gasteiger partial charge is 0.326 e. The Balaban J connectivity index is 1.74. The molecule has 190 valence electrons. The number of esters is 1. The molecule has 0 aromatic heterocycles. The SMILES string of the molecule is CCOC(=O)CN1C(=O)S/C(=C/c2cc(Br)c(OCC(=O)Nc3ccc(F)cc3)c(OCC)c2)C1=O. The summed E-state index contributed by atoms with van der Waals surface area (Å²) in [6, 6.07) is 8.54. The predicted molar refractivity (Wildman–Crippen MR) is 135 cm³/mol. The quantitative estimate of drug-likeness (QED) is 0.320. The van der Waals surface area contributed by atoms with Gasteiger partial charge in [0.2, 0.25) is 0 Å². The highest BCUT2D eigenvalue weighted by Crippen LogP contribution is 2.39. The second kappa shape index (κ2) is 12.5. The van der Waals surface area contributed by atoms with Gasteiger partial charge < -0.3 is 19.5 Å². The van der Waals surface area contributed by atoms with Gasteiger partial charge in [0.1, 0.15) is 12.4 Å². The van der Waals surface area contributed by atoms with Crippen LogP contribution in [0.15, 0.2) is 45.8 Å². The van der Waals surface area contributed by atoms with Crippen molar-refractivity contribution in [1.29, 1.82) is 0 Å². The van der Waals surface area contributed by atoms with Crippen LogP contribution in [0.1, 0.15) is 19.4 Å². The van der Waals surface area contributed by atoms with Gasteiger partial charge in [0.05, 0.1) is 22.6 Å². The Morgan fingerprint density at radius 3 is 2.50 bits per heavy atom. The molecule has 12 heteroatoms. The normalized spacial score (nSPS) is 14.2. The second-order valence-corrected chi connectivity index (χ2v) is 9.03. The van der Waals surface area contributed by atoms with Crippen molar-refractivity contribution in [2.45, 2.75) is 13.8 Å². The summed E-state index contributed by atoms with van der Waals surface area (Å²) >= 11 is 4.10. The minimum atomic E-state index is -0.674. The zero-order valence-corrected chi connectivity index (χ0v) is 21.7. The first-order valence-electron chi connectivity index (χ1n) is 10.8. The number of anilines is 1. The molecule has 1 saturated heterocycles. The van der Waals surface area contributed by atoms with E-state index in [0.29, 0.717) is 39.8 Å². The number of thioether (sulfide) groups is 1. The molecule has 3 rings (SSSR count). The highest BCUT2D eigenvalue weighted by molar-refractivity contribution is 9.10. The number of nitrogens with zero attached hydrogens (tertiary/aromatic N) is 1. The number of carbonyl (C=O) groups excluding carboxylic acids is 4. The molecule has 0 unspecified atom stereocenters. The van der Waals surface area contributed by atoms with Crippen molar-refractivity contribution in [2.24, 2.45) is 0 Å². The molecule has 1 aliphatic heterocycles. The monoisotopic (exact) mass is 580 g/mol. The van der Waals surface area contributed by atoms with Gasteiger partial charge in [-0.1, -0.05) is 0 Å². The van der Waals surface area contributed by atoms with E-state index in [9.17, 15) is 23.6 Å². The number of carbonyl (C=O) groups is 4. The average Bonchev–Trinajstić information content (AvgIpc) is 3.07. The van der Waals surface area contributed by atoms with Crippen LogP contribution in [-0.2, 0) is 19.1 Å². The van der Waals surface area contributed by atoms with E-state index in [0.717, 1.165) is 4.90 Å². The number of ether oxygens (including phenoxy) is 3. The van der Waals surface area contributed by atoms with E-state index in [1.807, 2.05) is 0 Å². The number of hydrogen-bond donors (Lipinski definition) is 1. The van der Waals surface area contributed by atoms with Crippen LogP contribution < -0.4 is 14.8 Å². The molecule has 2 aromatic carbocycles. The Morgan fingerprint density at radius 2 is 1.83 bits per heavy atom. The Morgan fingerprint density at radius 1 is 1.11 bits per heavy atom. The van der Waals surface area contributed by atoms with E-state index in [1.165, 1.54) is 30.3 Å². The maximum atomic E-state index is 13.0. The standard InChI is InChI=1S/C24H22BrFN2O7S/c1-3-33-18-10-14(11-19-23(31)28(24(32)36-19)12-21(30)34-4-2)9-17(25)22(18)35-13-20(29)27-16-7-5-15(26)6-8-16/h5-11H,3-4,12-13H2,1-2H3,(H,27,29)/b19-11+. The number of halogens is 2. The van der Waals surface area contributed by atoms with Crippen LogP contribution in [0.3, 0.4) is 0 Å². The third kappa shape index (κ3) is 7.08. The van der Waals surface area contributed by atoms with Crippen molar-refractivity contribution in [2.75, 3.05) is 31.7 Å². The van der Waals surface area contributed by atoms with E-state index in [1.54, 1.807) is 26.0 Å². The first kappa shape index (κ1) is 27.2. The zero-order valence-electron chi connectivity index (χ0n) is 19.3. The Kier molecular flexibility index (Phi) is 9.48. The van der Waals surface area contributed by atoms with Gasteiger partial charge in [-0.05, 0) is 89.6 Å². The third-order valence-electron chi connectivity index (χ3n) is 4.57. The molecule has 9 nitrogen and oxygen atoms in total. The maximum Gasteiger partial charge on any atom is 0.326 e. The van der Waals surface area contributed by atoms with Crippen molar-refractivity contribution < 1.29 is 37.8 Å². The molecule has 1 aliphatic rings. The first-order valence-corrected chi connectivity index (χ1v) is 12.4. The van der Waals surface area contributed by atoms with Gasteiger partial charge in [-0.15, -0.1) is 0 Å². The van der Waals surface area contributed by atoms with Crippen LogP contribution in [-0.4, -0.2) is 54.3 Å². The van der Waals surface area contributed by atoms with Crippen LogP contribution in [0.4, 0.5) is 14.9 Å². The first-order chi connectivity index (χ1) is 17.2. The Labute approximate surface area is 219 Å². The van der Waals surface area contributed by atoms with E-state index >= 15 is 0 Å². The summed E-state index contributed by atoms with van der Waals surface area (Å²) in [7, 11) is 0. The maximum absolute atomic E-state index is 13.0. The van der Waals surface area contributed by atoms with Crippen molar-refractivity contribution in [3.8, 4) is 11.5 Å². The summed E-state index contributed by atoms with van der Waals surface area (Å²) in [6.45, 7) is 3.03. The number of imide groups is 1. The lowest BCUT2D eigenvalue weighted by Crippen LogP contribution is -2.34. The van der Waals surface area contributed by atoms with Gasteiger partial charge in [-0.3, -0.25) is 24.1 Å². The molecular weight excluding hydrogens is 559 g/mol. The molecule has 0 bridgehead atoms. The molecule has 1 fully saturated rings. The third-order valence-corrected chi connectivity index (χ3v) is 6.07. The molecule has 0 saturated carbocycles. The van der Waals surface area contributed by atoms with E-state index < -0.39 is 35.4 Å². The fourth-order valence-electron chi connectivity index (χ4n) is 3.07. The van der Waals surface area contributed by atoms with Gasteiger partial charge in [0.15, 0.2) is 18.1 Å². The number of nitrogens with one attached hydrogen (secondary N) is 1. The topological polar surface area (TPSA) is 111 Å². The van der Waals surface area contributed by atoms with E-state index in [2.05, 4.69) is 21.2 Å². The van der Waals surface area contributed by atoms with Crippen LogP contribution >= 0.6 is 27.7 Å². The Bertz CT molecular complexity index is 1200. The van der Waals surface area contributed by atoms with Crippen LogP contribution in [0, 0.1) is 5.82 Å². The fraction of sp³-hybridized carbons (Fsp3) is 0.250. The summed E-state index contributed by atoms with van der Waals surface area (Å²) in [5, 5.41) is 2.02. The number of hydrogen-bond acceptors (Lipinski definition) is 8. The fourth-order valence-corrected chi connectivity index (χ4v) is 4.48. The summed E-state index contributed by atoms with van der Waals surface area (Å²) in [6.07, 6.45) is 1.49. The number of rotatable bonds is 10. The molecule has 36 heavy (non-hydrogen) atoms. The summed E-state index contributed by atoms with van der Waals surface area (Å²) in [5.74, 6) is -1.59. The van der Waals surface area contributed by atoms with Crippen molar-refractivity contribution >= 4 is 62.5 Å². The molecule has 0 aliphatic carbocycles. The predicted octanol–water partition coefficient (Wildman–Crippen LogP) is 4.60. The highest BCUT2D eigenvalue weighted by Gasteiger charge is 2.36. The molecule has 0 spiro atoms. The van der Waals surface area contributed by atoms with E-state index in [4.69, 9.17) is 14.2 Å². The summed E-state index contributed by atoms with van der Waals surface area (Å²) < 4.78 is 29.6. The van der Waals surface area contributed by atoms with Crippen LogP contribution in [0.5, 0.6) is 11.5 Å². The van der Waals surface area contributed by atoms with Crippen molar-refractivity contribution in [3.63, 3.8) is 0 Å². The molecule has 0 radical (unpaired) electrons. The van der Waals surface area contributed by atoms with Crippen molar-refractivity contribution in [1.82, 2.24) is 4.90 Å². The highest BCUT2D eigenvalue weighted by atomic mass is 79.9. The van der Waals surface area contributed by atoms with Gasteiger partial charge in [-0.25, -0.2) is 4.39 Å². The molecular formula is C24H22BrFN2O7S. The lowest BCUT2D eigenvalue weighted by atomic mass is 10.2. The number of benzene rings is 2. The molecule has 2 aromatic rings. The van der Waals surface area contributed by atoms with Crippen LogP contribution in [0.25, 0.3) is 6.08 Å². The number of amides is 3. The van der Waals surface area contributed by atoms with Gasteiger partial charge in [-0.2, -0.15) is 0 Å². The molecule has 1 heterocycles. The molecule has 3 amide bonds. The zero-order chi connectivity index (χ0) is 26.2. The Hall–Kier alpha value is -3.38. The minimum Gasteiger partial charge on any atom is -0.490 e. The van der Waals surface area contributed by atoms with E-state index in [-0.39, 0.29) is 23.9 Å². The minimum absolute atomic E-state index is 0.131. The largest absolute Gasteiger partial charge is 0.490 e. The summed E-state index contributed by atoms with van der Waals surface area (Å²) in [4.78, 5) is 49.8. The van der Waals surface area contributed by atoms with Gasteiger partial charge >= 0.3 is 5.97 Å². The van der Waals surface area contributed by atoms with Crippen molar-refractivity contribution in [3.05, 3.63) is 57.2 Å². The average molecular weight is 581 g/mol. The van der Waals surface area contributed by atoms with Gasteiger partial charge in [0, 0.05) is 5.69 Å². The second-order valence-electron chi connectivity index (χ2n) is 7.18. The van der Waals surface area contributed by atoms with Crippen LogP contribution in [0.2, 0.25) is 0 Å². The lowest BCUT2D eigenvalue weighted by Gasteiger charge is -2.15. The summed E-state index contributed by atoms with van der Waals surface area (Å²) in [5.41, 5.74) is 0.941. The lowest BCUT2D eigenvalue weighted by molar-refractivity contribution is -0.146. The van der Waals surface area contributed by atoms with Gasteiger partial charge in [0.25, 0.3) is 17.1 Å².